The summed E-state index contributed by atoms with van der Waals surface area (Å²) < 4.78 is 27.4. The number of hydrogen-bond donors (Lipinski definition) is 1. The van der Waals surface area contributed by atoms with Gasteiger partial charge in [0.1, 0.15) is 29.9 Å². The first-order valence-electron chi connectivity index (χ1n) is 14.4. The summed E-state index contributed by atoms with van der Waals surface area (Å²) >= 11 is 0. The van der Waals surface area contributed by atoms with Crippen LogP contribution in [-0.2, 0) is 16.0 Å². The molecule has 6 rings (SSSR count). The molecule has 0 unspecified atom stereocenters. The summed E-state index contributed by atoms with van der Waals surface area (Å²) in [5.74, 6) is 0.951. The highest BCUT2D eigenvalue weighted by Crippen LogP contribution is 2.41. The van der Waals surface area contributed by atoms with Crippen LogP contribution in [0.25, 0.3) is 11.1 Å². The van der Waals surface area contributed by atoms with E-state index in [1.165, 1.54) is 6.33 Å². The van der Waals surface area contributed by atoms with Crippen molar-refractivity contribution in [3.63, 3.8) is 0 Å². The lowest BCUT2D eigenvalue weighted by atomic mass is 9.90. The molecule has 224 valence electrons. The average molecular weight is 587 g/mol. The number of nitrogens with zero attached hydrogens (tertiary/aromatic N) is 9. The third kappa shape index (κ3) is 6.58. The number of ether oxygens (including phenoxy) is 4. The summed E-state index contributed by atoms with van der Waals surface area (Å²) in [6.07, 6.45) is 10.1. The van der Waals surface area contributed by atoms with Crippen molar-refractivity contribution >= 4 is 11.6 Å². The van der Waals surface area contributed by atoms with Gasteiger partial charge in [0.2, 0.25) is 5.95 Å². The maximum Gasteiger partial charge on any atom is 0.257 e. The fraction of sp³-hybridized carbons (Fsp3) is 0.483. The summed E-state index contributed by atoms with van der Waals surface area (Å²) in [5.41, 5.74) is 2.71. The van der Waals surface area contributed by atoms with Gasteiger partial charge in [-0.2, -0.15) is 5.26 Å². The Morgan fingerprint density at radius 3 is 2.53 bits per heavy atom. The Balaban J connectivity index is 1.16. The molecule has 1 atom stereocenters. The number of nitriles is 1. The fourth-order valence-corrected chi connectivity index (χ4v) is 5.39. The van der Waals surface area contributed by atoms with Crippen LogP contribution in [0.15, 0.2) is 43.1 Å². The smallest absolute Gasteiger partial charge is 0.257 e. The predicted molar refractivity (Wildman–Crippen MR) is 154 cm³/mol. The second-order valence-corrected chi connectivity index (χ2v) is 11.0. The van der Waals surface area contributed by atoms with Gasteiger partial charge in [-0.1, -0.05) is 6.07 Å². The zero-order valence-corrected chi connectivity index (χ0v) is 24.4. The molecule has 1 N–H and O–H groups in total. The normalized spacial score (nSPS) is 17.2. The Bertz CT molecular complexity index is 1550. The van der Waals surface area contributed by atoms with E-state index in [0.717, 1.165) is 36.8 Å². The Kier molecular flexibility index (Phi) is 8.17. The molecule has 1 saturated carbocycles. The van der Waals surface area contributed by atoms with E-state index in [-0.39, 0.29) is 18.2 Å². The van der Waals surface area contributed by atoms with E-state index in [9.17, 15) is 5.26 Å². The number of anilines is 2. The maximum absolute atomic E-state index is 9.61. The van der Waals surface area contributed by atoms with Gasteiger partial charge in [0.15, 0.2) is 5.79 Å². The first kappa shape index (κ1) is 28.5. The lowest BCUT2D eigenvalue weighted by Gasteiger charge is -2.35. The van der Waals surface area contributed by atoms with Gasteiger partial charge in [-0.3, -0.25) is 4.68 Å². The second-order valence-electron chi connectivity index (χ2n) is 11.0. The number of tetrazole rings is 1. The molecule has 0 amide bonds. The Morgan fingerprint density at radius 1 is 1.09 bits per heavy atom. The largest absolute Gasteiger partial charge is 0.487 e. The molecule has 1 aliphatic carbocycles. The SMILES string of the molecule is CC(C)Oc1nn(C2CCC3(CC2)OCCO3)cc1Nc1ncc(-c2ccc(C#N)c(O[C@@H](C)Cn3cnnn3)c2)cn1. The topological polar surface area (TPSA) is 160 Å². The van der Waals surface area contributed by atoms with Crippen LogP contribution < -0.4 is 14.8 Å². The zero-order chi connectivity index (χ0) is 29.8. The minimum atomic E-state index is -0.423. The molecule has 1 spiro atoms. The van der Waals surface area contributed by atoms with Gasteiger partial charge in [0.05, 0.1) is 43.7 Å². The third-order valence-electron chi connectivity index (χ3n) is 7.45. The van der Waals surface area contributed by atoms with Crippen LogP contribution in [0.3, 0.4) is 0 Å². The molecule has 14 nitrogen and oxygen atoms in total. The molecule has 1 aromatic carbocycles. The van der Waals surface area contributed by atoms with Gasteiger partial charge < -0.3 is 24.3 Å². The van der Waals surface area contributed by atoms with Crippen molar-refractivity contribution in [3.8, 4) is 28.8 Å². The van der Waals surface area contributed by atoms with Crippen LogP contribution in [0, 0.1) is 11.3 Å². The highest BCUT2D eigenvalue weighted by Gasteiger charge is 2.41. The van der Waals surface area contributed by atoms with Gasteiger partial charge in [-0.25, -0.2) is 14.6 Å². The molecule has 3 aromatic heterocycles. The third-order valence-corrected chi connectivity index (χ3v) is 7.45. The van der Waals surface area contributed by atoms with E-state index in [1.54, 1.807) is 23.1 Å². The molecule has 1 saturated heterocycles. The van der Waals surface area contributed by atoms with Crippen molar-refractivity contribution in [2.24, 2.45) is 0 Å². The molecule has 4 aromatic rings. The van der Waals surface area contributed by atoms with E-state index in [0.29, 0.717) is 48.6 Å². The molecule has 2 aliphatic rings. The van der Waals surface area contributed by atoms with Crippen LogP contribution in [0.1, 0.15) is 58.1 Å². The van der Waals surface area contributed by atoms with Gasteiger partial charge >= 0.3 is 0 Å². The van der Waals surface area contributed by atoms with E-state index in [1.807, 2.05) is 43.8 Å². The second kappa shape index (κ2) is 12.3. The molecule has 0 bridgehead atoms. The number of rotatable bonds is 10. The monoisotopic (exact) mass is 586 g/mol. The molecular formula is C29H34N10O4. The molecular weight excluding hydrogens is 552 g/mol. The van der Waals surface area contributed by atoms with E-state index in [4.69, 9.17) is 24.0 Å². The van der Waals surface area contributed by atoms with E-state index < -0.39 is 5.79 Å². The van der Waals surface area contributed by atoms with Crippen LogP contribution >= 0.6 is 0 Å². The molecule has 1 aliphatic heterocycles. The fourth-order valence-electron chi connectivity index (χ4n) is 5.39. The first-order valence-corrected chi connectivity index (χ1v) is 14.4. The minimum Gasteiger partial charge on any atom is -0.487 e. The van der Waals surface area contributed by atoms with Crippen molar-refractivity contribution in [1.29, 1.82) is 5.26 Å². The molecule has 0 radical (unpaired) electrons. The standard InChI is InChI=1S/C29H34N10O4/c1-19(2)42-27-25(17-39(35-27)24-6-8-29(9-7-24)40-10-11-41-29)34-28-31-14-23(15-32-28)21-4-5-22(13-30)26(12-21)43-20(3)16-38-18-33-36-37-38/h4-5,12,14-15,17-20,24H,6-11,16H2,1-3H3,(H,31,32,34)/t20-/m0/s1. The zero-order valence-electron chi connectivity index (χ0n) is 24.4. The summed E-state index contributed by atoms with van der Waals surface area (Å²) in [6.45, 7) is 7.59. The summed E-state index contributed by atoms with van der Waals surface area (Å²) in [7, 11) is 0. The lowest BCUT2D eigenvalue weighted by molar-refractivity contribution is -0.181. The van der Waals surface area contributed by atoms with Gasteiger partial charge in [-0.05, 0) is 61.7 Å². The van der Waals surface area contributed by atoms with Crippen molar-refractivity contribution in [2.75, 3.05) is 18.5 Å². The Hall–Kier alpha value is -4.61. The summed E-state index contributed by atoms with van der Waals surface area (Å²) in [4.78, 5) is 9.09. The van der Waals surface area contributed by atoms with E-state index >= 15 is 0 Å². The quantitative estimate of drug-likeness (QED) is 0.284. The minimum absolute atomic E-state index is 0.0505. The molecule has 4 heterocycles. The average Bonchev–Trinajstić information content (AvgIpc) is 3.77. The molecule has 43 heavy (non-hydrogen) atoms. The first-order chi connectivity index (χ1) is 20.9. The Morgan fingerprint density at radius 2 is 1.86 bits per heavy atom. The number of nitrogens with one attached hydrogen (secondary N) is 1. The highest BCUT2D eigenvalue weighted by molar-refractivity contribution is 5.67. The molecule has 2 fully saturated rings. The lowest BCUT2D eigenvalue weighted by Crippen LogP contribution is -2.35. The van der Waals surface area contributed by atoms with Crippen LogP contribution in [0.2, 0.25) is 0 Å². The van der Waals surface area contributed by atoms with Crippen molar-refractivity contribution < 1.29 is 18.9 Å². The number of benzene rings is 1. The Labute approximate surface area is 248 Å². The highest BCUT2D eigenvalue weighted by atomic mass is 16.7. The summed E-state index contributed by atoms with van der Waals surface area (Å²) in [5, 5.41) is 28.8. The van der Waals surface area contributed by atoms with Crippen LogP contribution in [0.5, 0.6) is 11.6 Å². The van der Waals surface area contributed by atoms with Gasteiger partial charge in [0, 0.05) is 30.8 Å². The van der Waals surface area contributed by atoms with Crippen molar-refractivity contribution in [3.05, 3.63) is 48.7 Å². The summed E-state index contributed by atoms with van der Waals surface area (Å²) in [6, 6.07) is 7.79. The van der Waals surface area contributed by atoms with Crippen molar-refractivity contribution in [1.82, 2.24) is 40.0 Å². The van der Waals surface area contributed by atoms with Gasteiger partial charge in [-0.15, -0.1) is 10.2 Å². The maximum atomic E-state index is 9.61. The predicted octanol–water partition coefficient (Wildman–Crippen LogP) is 4.05. The van der Waals surface area contributed by atoms with E-state index in [2.05, 4.69) is 36.9 Å². The van der Waals surface area contributed by atoms with Gasteiger partial charge in [0.25, 0.3) is 5.88 Å². The number of aromatic nitrogens is 8. The van der Waals surface area contributed by atoms with Crippen LogP contribution in [-0.4, -0.2) is 71.2 Å². The molecule has 14 heteroatoms. The number of hydrogen-bond acceptors (Lipinski definition) is 12. The van der Waals surface area contributed by atoms with Crippen LogP contribution in [0.4, 0.5) is 11.6 Å². The van der Waals surface area contributed by atoms with Crippen molar-refractivity contribution in [2.45, 2.75) is 77.0 Å².